The first-order valence-electron chi connectivity index (χ1n) is 3.98. The average Bonchev–Trinajstić information content (AvgIpc) is 2.16. The summed E-state index contributed by atoms with van der Waals surface area (Å²) in [7, 11) is 0. The Labute approximate surface area is 71.9 Å². The van der Waals surface area contributed by atoms with Gasteiger partial charge in [-0.25, -0.2) is 4.79 Å². The standard InChI is InChI=1S/C8H14N2O2/c1-8(2,3)5-10-6(11)4-9-7(10)12/h4-5H2,1-3H3,(H,9,12). The predicted molar refractivity (Wildman–Crippen MR) is 44.6 cm³/mol. The summed E-state index contributed by atoms with van der Waals surface area (Å²) in [5, 5.41) is 2.48. The van der Waals surface area contributed by atoms with Gasteiger partial charge in [-0.15, -0.1) is 0 Å². The molecule has 4 heteroatoms. The van der Waals surface area contributed by atoms with Crippen molar-refractivity contribution in [2.24, 2.45) is 5.41 Å². The molecule has 1 fully saturated rings. The Bertz CT molecular complexity index is 202. The van der Waals surface area contributed by atoms with Crippen LogP contribution >= 0.6 is 0 Å². The van der Waals surface area contributed by atoms with E-state index in [0.29, 0.717) is 6.54 Å². The van der Waals surface area contributed by atoms with Crippen LogP contribution in [-0.2, 0) is 4.79 Å². The number of carbonyl (C=O) groups excluding carboxylic acids is 2. The zero-order valence-corrected chi connectivity index (χ0v) is 7.68. The molecule has 0 unspecified atom stereocenters. The van der Waals surface area contributed by atoms with Gasteiger partial charge in [-0.3, -0.25) is 9.69 Å². The van der Waals surface area contributed by atoms with Gasteiger partial charge in [0.2, 0.25) is 5.91 Å². The Hall–Kier alpha value is -1.06. The monoisotopic (exact) mass is 170 g/mol. The van der Waals surface area contributed by atoms with Gasteiger partial charge in [0, 0.05) is 6.54 Å². The molecule has 0 spiro atoms. The first kappa shape index (κ1) is 9.03. The molecule has 0 atom stereocenters. The molecule has 1 N–H and O–H groups in total. The van der Waals surface area contributed by atoms with Gasteiger partial charge in [-0.2, -0.15) is 0 Å². The van der Waals surface area contributed by atoms with Crippen LogP contribution in [0.15, 0.2) is 0 Å². The predicted octanol–water partition coefficient (Wildman–Crippen LogP) is 0.584. The van der Waals surface area contributed by atoms with E-state index in [4.69, 9.17) is 0 Å². The Morgan fingerprint density at radius 3 is 2.33 bits per heavy atom. The van der Waals surface area contributed by atoms with Crippen molar-refractivity contribution in [1.82, 2.24) is 10.2 Å². The molecule has 0 radical (unpaired) electrons. The number of nitrogens with zero attached hydrogens (tertiary/aromatic N) is 1. The highest BCUT2D eigenvalue weighted by Gasteiger charge is 2.31. The van der Waals surface area contributed by atoms with Crippen LogP contribution in [0.3, 0.4) is 0 Å². The van der Waals surface area contributed by atoms with Gasteiger partial charge in [0.25, 0.3) is 0 Å². The van der Waals surface area contributed by atoms with Gasteiger partial charge in [-0.05, 0) is 5.41 Å². The van der Waals surface area contributed by atoms with Gasteiger partial charge >= 0.3 is 6.03 Å². The van der Waals surface area contributed by atoms with Crippen LogP contribution in [0.1, 0.15) is 20.8 Å². The third kappa shape index (κ3) is 1.96. The lowest BCUT2D eigenvalue weighted by Gasteiger charge is -2.23. The highest BCUT2D eigenvalue weighted by atomic mass is 16.2. The van der Waals surface area contributed by atoms with Crippen LogP contribution in [0.5, 0.6) is 0 Å². The molecule has 1 aliphatic heterocycles. The van der Waals surface area contributed by atoms with Gasteiger partial charge < -0.3 is 5.32 Å². The largest absolute Gasteiger partial charge is 0.329 e. The van der Waals surface area contributed by atoms with Crippen molar-refractivity contribution < 1.29 is 9.59 Å². The van der Waals surface area contributed by atoms with E-state index in [2.05, 4.69) is 5.32 Å². The molecule has 4 nitrogen and oxygen atoms in total. The van der Waals surface area contributed by atoms with Crippen molar-refractivity contribution in [1.29, 1.82) is 0 Å². The maximum absolute atomic E-state index is 11.1. The summed E-state index contributed by atoms with van der Waals surface area (Å²) in [6.07, 6.45) is 0. The normalized spacial score (nSPS) is 18.4. The topological polar surface area (TPSA) is 49.4 Å². The SMILES string of the molecule is CC(C)(C)CN1C(=O)CNC1=O. The molecule has 68 valence electrons. The first-order chi connectivity index (χ1) is 5.40. The number of nitrogens with one attached hydrogen (secondary N) is 1. The van der Waals surface area contributed by atoms with E-state index in [1.165, 1.54) is 4.90 Å². The van der Waals surface area contributed by atoms with Crippen LogP contribution in [0.4, 0.5) is 4.79 Å². The summed E-state index contributed by atoms with van der Waals surface area (Å²) in [6, 6.07) is -0.269. The van der Waals surface area contributed by atoms with E-state index < -0.39 is 0 Å². The van der Waals surface area contributed by atoms with Crippen LogP contribution in [0.2, 0.25) is 0 Å². The Balaban J connectivity index is 2.62. The van der Waals surface area contributed by atoms with Crippen molar-refractivity contribution >= 4 is 11.9 Å². The minimum atomic E-state index is -0.269. The molecular weight excluding hydrogens is 156 g/mol. The molecule has 1 rings (SSSR count). The second-order valence-electron chi connectivity index (χ2n) is 4.20. The number of amides is 3. The van der Waals surface area contributed by atoms with E-state index in [1.807, 2.05) is 20.8 Å². The van der Waals surface area contributed by atoms with Crippen molar-refractivity contribution in [2.45, 2.75) is 20.8 Å². The number of hydrogen-bond donors (Lipinski definition) is 1. The third-order valence-corrected chi connectivity index (χ3v) is 1.57. The molecule has 0 bridgehead atoms. The Morgan fingerprint density at radius 1 is 1.42 bits per heavy atom. The molecule has 3 amide bonds. The van der Waals surface area contributed by atoms with Gasteiger partial charge in [0.05, 0.1) is 6.54 Å². The molecule has 12 heavy (non-hydrogen) atoms. The zero-order valence-electron chi connectivity index (χ0n) is 7.68. The fourth-order valence-electron chi connectivity index (χ4n) is 1.09. The molecule has 1 heterocycles. The van der Waals surface area contributed by atoms with Crippen molar-refractivity contribution in [3.05, 3.63) is 0 Å². The van der Waals surface area contributed by atoms with E-state index in [1.54, 1.807) is 0 Å². The Kier molecular flexibility index (Phi) is 2.08. The maximum atomic E-state index is 11.1. The Morgan fingerprint density at radius 2 is 2.00 bits per heavy atom. The van der Waals surface area contributed by atoms with Crippen LogP contribution < -0.4 is 5.32 Å². The smallest absolute Gasteiger partial charge is 0.324 e. The second kappa shape index (κ2) is 2.77. The molecule has 0 aromatic heterocycles. The van der Waals surface area contributed by atoms with E-state index >= 15 is 0 Å². The number of urea groups is 1. The van der Waals surface area contributed by atoms with Crippen molar-refractivity contribution in [3.63, 3.8) is 0 Å². The molecule has 0 aromatic carbocycles. The molecule has 0 aliphatic carbocycles. The lowest BCUT2D eigenvalue weighted by Crippen LogP contribution is -2.37. The number of rotatable bonds is 1. The van der Waals surface area contributed by atoms with Crippen LogP contribution in [0.25, 0.3) is 0 Å². The minimum absolute atomic E-state index is 0.0304. The number of hydrogen-bond acceptors (Lipinski definition) is 2. The summed E-state index contributed by atoms with van der Waals surface area (Å²) in [6.45, 7) is 6.61. The maximum Gasteiger partial charge on any atom is 0.324 e. The highest BCUT2D eigenvalue weighted by Crippen LogP contribution is 2.16. The van der Waals surface area contributed by atoms with Gasteiger partial charge in [0.1, 0.15) is 0 Å². The summed E-state index contributed by atoms with van der Waals surface area (Å²) >= 11 is 0. The summed E-state index contributed by atoms with van der Waals surface area (Å²) in [4.78, 5) is 23.4. The zero-order chi connectivity index (χ0) is 9.35. The first-order valence-corrected chi connectivity index (χ1v) is 3.98. The summed E-state index contributed by atoms with van der Waals surface area (Å²) < 4.78 is 0. The molecule has 0 aromatic rings. The third-order valence-electron chi connectivity index (χ3n) is 1.57. The van der Waals surface area contributed by atoms with Crippen LogP contribution in [0, 0.1) is 5.41 Å². The van der Waals surface area contributed by atoms with Gasteiger partial charge in [0.15, 0.2) is 0 Å². The van der Waals surface area contributed by atoms with E-state index in [0.717, 1.165) is 0 Å². The minimum Gasteiger partial charge on any atom is -0.329 e. The number of imide groups is 1. The quantitative estimate of drug-likeness (QED) is 0.585. The molecular formula is C8H14N2O2. The van der Waals surface area contributed by atoms with Gasteiger partial charge in [-0.1, -0.05) is 20.8 Å². The summed E-state index contributed by atoms with van der Waals surface area (Å²) in [5.41, 5.74) is -0.0304. The van der Waals surface area contributed by atoms with Crippen molar-refractivity contribution in [2.75, 3.05) is 13.1 Å². The lowest BCUT2D eigenvalue weighted by molar-refractivity contribution is -0.125. The molecule has 0 saturated carbocycles. The number of carbonyl (C=O) groups is 2. The molecule has 1 saturated heterocycles. The highest BCUT2D eigenvalue weighted by molar-refractivity contribution is 6.01. The average molecular weight is 170 g/mol. The van der Waals surface area contributed by atoms with E-state index in [9.17, 15) is 9.59 Å². The van der Waals surface area contributed by atoms with Crippen LogP contribution in [-0.4, -0.2) is 29.9 Å². The fraction of sp³-hybridized carbons (Fsp3) is 0.750. The molecule has 1 aliphatic rings. The van der Waals surface area contributed by atoms with E-state index in [-0.39, 0.29) is 23.9 Å². The van der Waals surface area contributed by atoms with Crippen molar-refractivity contribution in [3.8, 4) is 0 Å². The summed E-state index contributed by atoms with van der Waals surface area (Å²) in [5.74, 6) is -0.130. The fourth-order valence-corrected chi connectivity index (χ4v) is 1.09. The second-order valence-corrected chi connectivity index (χ2v) is 4.20. The lowest BCUT2D eigenvalue weighted by atomic mass is 9.96.